The average molecular weight is 430 g/mol. The summed E-state index contributed by atoms with van der Waals surface area (Å²) < 4.78 is 40.3. The molecule has 0 atom stereocenters. The zero-order valence-corrected chi connectivity index (χ0v) is 17.9. The number of aryl methyl sites for hydroxylation is 1. The topological polar surface area (TPSA) is 87.2 Å². The van der Waals surface area contributed by atoms with E-state index < -0.39 is 15.8 Å². The number of benzene rings is 2. The summed E-state index contributed by atoms with van der Waals surface area (Å²) in [6.45, 7) is 7.66. The number of nitrogens with zero attached hydrogens (tertiary/aromatic N) is 3. The van der Waals surface area contributed by atoms with Crippen molar-refractivity contribution in [3.8, 4) is 0 Å². The summed E-state index contributed by atoms with van der Waals surface area (Å²) in [7, 11) is -3.79. The quantitative estimate of drug-likeness (QED) is 0.555. The number of rotatable bonds is 8. The van der Waals surface area contributed by atoms with Gasteiger partial charge in [0.25, 0.3) is 10.0 Å². The lowest BCUT2D eigenvalue weighted by molar-refractivity contribution is 0.599. The van der Waals surface area contributed by atoms with Crippen LogP contribution in [0.1, 0.15) is 19.7 Å². The highest BCUT2D eigenvalue weighted by Gasteiger charge is 2.14. The molecule has 0 radical (unpaired) electrons. The average Bonchev–Trinajstić information content (AvgIpc) is 2.70. The highest BCUT2D eigenvalue weighted by Crippen LogP contribution is 2.22. The van der Waals surface area contributed by atoms with Gasteiger partial charge in [0.1, 0.15) is 23.3 Å². The molecule has 1 aromatic heterocycles. The van der Waals surface area contributed by atoms with Crippen LogP contribution in [-0.2, 0) is 10.0 Å². The first-order chi connectivity index (χ1) is 14.3. The van der Waals surface area contributed by atoms with Crippen molar-refractivity contribution in [1.29, 1.82) is 0 Å². The maximum absolute atomic E-state index is 13.0. The highest BCUT2D eigenvalue weighted by molar-refractivity contribution is 7.92. The molecule has 158 valence electrons. The fourth-order valence-corrected chi connectivity index (χ4v) is 3.98. The molecule has 0 fully saturated rings. The number of aromatic nitrogens is 2. The lowest BCUT2D eigenvalue weighted by Gasteiger charge is -2.20. The van der Waals surface area contributed by atoms with Crippen molar-refractivity contribution in [3.05, 3.63) is 66.2 Å². The number of halogens is 1. The molecule has 3 rings (SSSR count). The molecule has 0 saturated carbocycles. The Balaban J connectivity index is 1.74. The van der Waals surface area contributed by atoms with Crippen LogP contribution in [0.3, 0.4) is 0 Å². The molecular formula is C21H24FN5O2S. The normalized spacial score (nSPS) is 11.2. The molecule has 0 amide bonds. The number of nitrogens with one attached hydrogen (secondary N) is 2. The predicted molar refractivity (Wildman–Crippen MR) is 117 cm³/mol. The third-order valence-electron chi connectivity index (χ3n) is 4.45. The number of hydrogen-bond acceptors (Lipinski definition) is 6. The van der Waals surface area contributed by atoms with E-state index >= 15 is 0 Å². The largest absolute Gasteiger partial charge is 0.357 e. The van der Waals surface area contributed by atoms with Crippen molar-refractivity contribution in [3.63, 3.8) is 0 Å². The second kappa shape index (κ2) is 9.08. The maximum atomic E-state index is 13.0. The Hall–Kier alpha value is -3.20. The van der Waals surface area contributed by atoms with Crippen molar-refractivity contribution in [1.82, 2.24) is 9.97 Å². The third kappa shape index (κ3) is 5.24. The zero-order chi connectivity index (χ0) is 21.7. The number of anilines is 4. The lowest BCUT2D eigenvalue weighted by Crippen LogP contribution is -2.23. The maximum Gasteiger partial charge on any atom is 0.261 e. The van der Waals surface area contributed by atoms with Gasteiger partial charge in [-0.1, -0.05) is 0 Å². The minimum Gasteiger partial charge on any atom is -0.357 e. The van der Waals surface area contributed by atoms with Crippen molar-refractivity contribution in [2.45, 2.75) is 25.7 Å². The van der Waals surface area contributed by atoms with Crippen LogP contribution in [0.15, 0.2) is 59.5 Å². The summed E-state index contributed by atoms with van der Waals surface area (Å²) in [6, 6.07) is 13.3. The molecule has 7 nitrogen and oxygen atoms in total. The van der Waals surface area contributed by atoms with Gasteiger partial charge >= 0.3 is 0 Å². The molecule has 0 spiro atoms. The van der Waals surface area contributed by atoms with Gasteiger partial charge in [-0.2, -0.15) is 0 Å². The van der Waals surface area contributed by atoms with Crippen LogP contribution >= 0.6 is 0 Å². The number of hydrogen-bond donors (Lipinski definition) is 2. The number of sulfonamides is 1. The van der Waals surface area contributed by atoms with Crippen molar-refractivity contribution in [2.75, 3.05) is 28.0 Å². The van der Waals surface area contributed by atoms with Crippen molar-refractivity contribution in [2.24, 2.45) is 0 Å². The SMILES string of the molecule is CCN(CC)c1cc(Nc2ccc(NS(=O)(=O)c3ccc(F)cc3)cc2)nc(C)n1. The highest BCUT2D eigenvalue weighted by atomic mass is 32.2. The molecule has 0 aliphatic rings. The van der Waals surface area contributed by atoms with Crippen molar-refractivity contribution < 1.29 is 12.8 Å². The van der Waals surface area contributed by atoms with E-state index in [1.807, 2.05) is 13.0 Å². The zero-order valence-electron chi connectivity index (χ0n) is 17.1. The molecule has 2 N–H and O–H groups in total. The Morgan fingerprint density at radius 1 is 0.933 bits per heavy atom. The Morgan fingerprint density at radius 2 is 1.53 bits per heavy atom. The van der Waals surface area contributed by atoms with Crippen LogP contribution in [0.25, 0.3) is 0 Å². The summed E-state index contributed by atoms with van der Waals surface area (Å²) in [5, 5.41) is 3.22. The Bertz CT molecular complexity index is 1100. The lowest BCUT2D eigenvalue weighted by atomic mass is 10.3. The van der Waals surface area contributed by atoms with Gasteiger partial charge in [0.05, 0.1) is 4.90 Å². The minimum absolute atomic E-state index is 0.00788. The van der Waals surface area contributed by atoms with Gasteiger partial charge in [0.2, 0.25) is 0 Å². The first-order valence-electron chi connectivity index (χ1n) is 9.57. The van der Waals surface area contributed by atoms with E-state index in [0.717, 1.165) is 36.7 Å². The van der Waals surface area contributed by atoms with Gasteiger partial charge < -0.3 is 10.2 Å². The molecular weight excluding hydrogens is 405 g/mol. The molecule has 9 heteroatoms. The van der Waals surface area contributed by atoms with E-state index in [1.54, 1.807) is 24.3 Å². The van der Waals surface area contributed by atoms with E-state index in [2.05, 4.69) is 38.8 Å². The van der Waals surface area contributed by atoms with Gasteiger partial charge in [0, 0.05) is 30.5 Å². The van der Waals surface area contributed by atoms with E-state index in [4.69, 9.17) is 0 Å². The van der Waals surface area contributed by atoms with E-state index in [1.165, 1.54) is 12.1 Å². The first kappa shape index (κ1) is 21.5. The van der Waals surface area contributed by atoms with Crippen LogP contribution in [-0.4, -0.2) is 31.5 Å². The summed E-state index contributed by atoms with van der Waals surface area (Å²) in [5.74, 6) is 1.67. The monoisotopic (exact) mass is 429 g/mol. The van der Waals surface area contributed by atoms with Crippen molar-refractivity contribution >= 4 is 33.0 Å². The Morgan fingerprint density at radius 3 is 2.13 bits per heavy atom. The van der Waals surface area contributed by atoms with Crippen LogP contribution in [0.2, 0.25) is 0 Å². The predicted octanol–water partition coefficient (Wildman–Crippen LogP) is 4.31. The third-order valence-corrected chi connectivity index (χ3v) is 5.84. The van der Waals surface area contributed by atoms with Gasteiger partial charge in [-0.05, 0) is 69.3 Å². The summed E-state index contributed by atoms with van der Waals surface area (Å²) in [6.07, 6.45) is 0. The molecule has 30 heavy (non-hydrogen) atoms. The molecule has 3 aromatic rings. The molecule has 1 heterocycles. The van der Waals surface area contributed by atoms with Gasteiger partial charge in [0.15, 0.2) is 0 Å². The van der Waals surface area contributed by atoms with E-state index in [-0.39, 0.29) is 4.90 Å². The molecule has 0 bridgehead atoms. The van der Waals surface area contributed by atoms with Crippen LogP contribution < -0.4 is 14.9 Å². The van der Waals surface area contributed by atoms with Gasteiger partial charge in [-0.15, -0.1) is 0 Å². The Kier molecular flexibility index (Phi) is 6.51. The fraction of sp³-hybridized carbons (Fsp3) is 0.238. The molecule has 0 saturated heterocycles. The molecule has 0 aliphatic carbocycles. The molecule has 0 unspecified atom stereocenters. The molecule has 2 aromatic carbocycles. The summed E-state index contributed by atoms with van der Waals surface area (Å²) >= 11 is 0. The van der Waals surface area contributed by atoms with E-state index in [9.17, 15) is 12.8 Å². The second-order valence-electron chi connectivity index (χ2n) is 6.59. The van der Waals surface area contributed by atoms with E-state index in [0.29, 0.717) is 17.3 Å². The van der Waals surface area contributed by atoms with Crippen LogP contribution in [0, 0.1) is 12.7 Å². The standard InChI is InChI=1S/C21H24FN5O2S/c1-4-27(5-2)21-14-20(23-15(3)24-21)25-17-8-10-18(11-9-17)26-30(28,29)19-12-6-16(22)7-13-19/h6-14,26H,4-5H2,1-3H3,(H,23,24,25). The molecule has 0 aliphatic heterocycles. The minimum atomic E-state index is -3.79. The fourth-order valence-electron chi connectivity index (χ4n) is 2.92. The summed E-state index contributed by atoms with van der Waals surface area (Å²) in [4.78, 5) is 11.0. The van der Waals surface area contributed by atoms with Gasteiger partial charge in [-0.3, -0.25) is 4.72 Å². The summed E-state index contributed by atoms with van der Waals surface area (Å²) in [5.41, 5.74) is 1.15. The second-order valence-corrected chi connectivity index (χ2v) is 8.28. The van der Waals surface area contributed by atoms with Gasteiger partial charge in [-0.25, -0.2) is 22.8 Å². The van der Waals surface area contributed by atoms with Crippen LogP contribution in [0.5, 0.6) is 0 Å². The smallest absolute Gasteiger partial charge is 0.261 e. The first-order valence-corrected chi connectivity index (χ1v) is 11.0. The Labute approximate surface area is 176 Å². The van der Waals surface area contributed by atoms with Crippen LogP contribution in [0.4, 0.5) is 27.4 Å².